The molecule has 6 aromatic carbocycles. The lowest BCUT2D eigenvalue weighted by molar-refractivity contribution is 0.901. The molecule has 3 heterocycles. The summed E-state index contributed by atoms with van der Waals surface area (Å²) in [6.07, 6.45) is 1.99. The van der Waals surface area contributed by atoms with Gasteiger partial charge in [-0.25, -0.2) is 0 Å². The highest BCUT2D eigenvalue weighted by Gasteiger charge is 2.15. The van der Waals surface area contributed by atoms with Gasteiger partial charge in [-0.2, -0.15) is 0 Å². The zero-order valence-corrected chi connectivity index (χ0v) is 24.9. The standard InChI is InChI=1S/C41H31N3/c1-4-21-44-40-19-15-28(26-13-17-38-32(22-26)30-9-5-7-11-36(30)42(38)2)24-34(40)35-25-29(16-20-41(35)44)27-14-18-39-33(23-27)31-10-6-8-12-37(31)43(39)3/h4-20,22-25H,1,21H2,2-3H3. The number of hydrogen-bond acceptors (Lipinski definition) is 0. The van der Waals surface area contributed by atoms with Gasteiger partial charge in [-0.15, -0.1) is 6.58 Å². The van der Waals surface area contributed by atoms with Gasteiger partial charge in [0.05, 0.1) is 0 Å². The maximum atomic E-state index is 4.07. The number of aromatic nitrogens is 3. The zero-order valence-electron chi connectivity index (χ0n) is 24.9. The van der Waals surface area contributed by atoms with Crippen molar-refractivity contribution < 1.29 is 0 Å². The lowest BCUT2D eigenvalue weighted by atomic mass is 9.98. The molecule has 0 fully saturated rings. The van der Waals surface area contributed by atoms with E-state index in [1.54, 1.807) is 0 Å². The van der Waals surface area contributed by atoms with E-state index < -0.39 is 0 Å². The Morgan fingerprint density at radius 3 is 1.18 bits per heavy atom. The molecule has 210 valence electrons. The fourth-order valence-corrected chi connectivity index (χ4v) is 7.48. The molecule has 3 nitrogen and oxygen atoms in total. The molecule has 0 N–H and O–H groups in total. The van der Waals surface area contributed by atoms with Gasteiger partial charge in [0.25, 0.3) is 0 Å². The molecule has 0 aliphatic heterocycles. The maximum Gasteiger partial charge on any atom is 0.0494 e. The van der Waals surface area contributed by atoms with Gasteiger partial charge in [0.1, 0.15) is 0 Å². The molecule has 0 aliphatic rings. The van der Waals surface area contributed by atoms with Crippen LogP contribution in [0.5, 0.6) is 0 Å². The van der Waals surface area contributed by atoms with Crippen LogP contribution in [0.3, 0.4) is 0 Å². The van der Waals surface area contributed by atoms with Gasteiger partial charge in [0.2, 0.25) is 0 Å². The number of benzene rings is 6. The first-order valence-corrected chi connectivity index (χ1v) is 15.2. The Labute approximate surface area is 255 Å². The topological polar surface area (TPSA) is 14.8 Å². The van der Waals surface area contributed by atoms with Gasteiger partial charge in [-0.1, -0.05) is 66.7 Å². The van der Waals surface area contributed by atoms with Crippen LogP contribution in [0.1, 0.15) is 0 Å². The predicted octanol–water partition coefficient (Wildman–Crippen LogP) is 10.6. The third-order valence-corrected chi connectivity index (χ3v) is 9.67. The quantitative estimate of drug-likeness (QED) is 0.189. The van der Waals surface area contributed by atoms with E-state index in [0.29, 0.717) is 0 Å². The van der Waals surface area contributed by atoms with E-state index >= 15 is 0 Å². The predicted molar refractivity (Wildman–Crippen MR) is 188 cm³/mol. The Morgan fingerprint density at radius 2 is 0.773 bits per heavy atom. The van der Waals surface area contributed by atoms with Crippen LogP contribution in [0.2, 0.25) is 0 Å². The number of para-hydroxylation sites is 2. The van der Waals surface area contributed by atoms with Crippen LogP contribution in [0, 0.1) is 0 Å². The summed E-state index contributed by atoms with van der Waals surface area (Å²) in [6.45, 7) is 4.83. The van der Waals surface area contributed by atoms with Crippen molar-refractivity contribution >= 4 is 65.4 Å². The molecule has 44 heavy (non-hydrogen) atoms. The Morgan fingerprint density at radius 1 is 0.432 bits per heavy atom. The number of hydrogen-bond donors (Lipinski definition) is 0. The Hall–Kier alpha value is -5.54. The zero-order chi connectivity index (χ0) is 29.5. The summed E-state index contributed by atoms with van der Waals surface area (Å²) in [6, 6.07) is 44.9. The second-order valence-electron chi connectivity index (χ2n) is 12.0. The van der Waals surface area contributed by atoms with Gasteiger partial charge in [-0.3, -0.25) is 0 Å². The van der Waals surface area contributed by atoms with Crippen LogP contribution < -0.4 is 0 Å². The largest absolute Gasteiger partial charge is 0.344 e. The van der Waals surface area contributed by atoms with Crippen LogP contribution in [-0.4, -0.2) is 13.7 Å². The first-order chi connectivity index (χ1) is 21.6. The molecule has 0 aliphatic carbocycles. The number of fused-ring (bicyclic) bond motifs is 9. The first kappa shape index (κ1) is 25.0. The molecular weight excluding hydrogens is 534 g/mol. The SMILES string of the molecule is C=CCn1c2ccc(-c3ccc4c(c3)c3ccccc3n4C)cc2c2cc(-c3ccc4c(c3)c3ccccc3n4C)ccc21. The van der Waals surface area contributed by atoms with E-state index in [4.69, 9.17) is 0 Å². The monoisotopic (exact) mass is 565 g/mol. The van der Waals surface area contributed by atoms with Gasteiger partial charge in [-0.05, 0) is 82.9 Å². The van der Waals surface area contributed by atoms with E-state index in [9.17, 15) is 0 Å². The van der Waals surface area contributed by atoms with Gasteiger partial charge in [0.15, 0.2) is 0 Å². The average Bonchev–Trinajstić information content (AvgIpc) is 3.65. The minimum atomic E-state index is 0.766. The molecule has 0 unspecified atom stereocenters. The second-order valence-corrected chi connectivity index (χ2v) is 12.0. The van der Waals surface area contributed by atoms with Crippen LogP contribution in [0.25, 0.3) is 87.7 Å². The highest BCUT2D eigenvalue weighted by Crippen LogP contribution is 2.38. The lowest BCUT2D eigenvalue weighted by Crippen LogP contribution is -1.94. The molecular formula is C41H31N3. The lowest BCUT2D eigenvalue weighted by Gasteiger charge is -2.06. The molecule has 0 amide bonds. The molecule has 0 radical (unpaired) electrons. The summed E-state index contributed by atoms with van der Waals surface area (Å²) in [7, 11) is 4.31. The molecule has 0 saturated heterocycles. The Balaban J connectivity index is 1.24. The van der Waals surface area contributed by atoms with Gasteiger partial charge < -0.3 is 13.7 Å². The first-order valence-electron chi connectivity index (χ1n) is 15.2. The van der Waals surface area contributed by atoms with Crippen molar-refractivity contribution in [2.45, 2.75) is 6.54 Å². The van der Waals surface area contributed by atoms with E-state index in [-0.39, 0.29) is 0 Å². The highest BCUT2D eigenvalue weighted by atomic mass is 15.0. The molecule has 9 rings (SSSR count). The van der Waals surface area contributed by atoms with Crippen molar-refractivity contribution in [1.29, 1.82) is 0 Å². The van der Waals surface area contributed by atoms with Crippen LogP contribution in [0.15, 0.2) is 134 Å². The van der Waals surface area contributed by atoms with E-state index in [0.717, 1.165) is 6.54 Å². The normalized spacial score (nSPS) is 12.0. The van der Waals surface area contributed by atoms with E-state index in [2.05, 4.69) is 156 Å². The number of rotatable bonds is 4. The number of allylic oxidation sites excluding steroid dienone is 1. The number of nitrogens with zero attached hydrogens (tertiary/aromatic N) is 3. The highest BCUT2D eigenvalue weighted by molar-refractivity contribution is 6.13. The van der Waals surface area contributed by atoms with E-state index in [1.165, 1.54) is 87.7 Å². The Kier molecular flexibility index (Phi) is 5.24. The van der Waals surface area contributed by atoms with Crippen molar-refractivity contribution in [1.82, 2.24) is 13.7 Å². The van der Waals surface area contributed by atoms with Crippen molar-refractivity contribution in [3.63, 3.8) is 0 Å². The summed E-state index contributed by atoms with van der Waals surface area (Å²) in [4.78, 5) is 0. The molecule has 0 bridgehead atoms. The van der Waals surface area contributed by atoms with Crippen LogP contribution in [0.4, 0.5) is 0 Å². The van der Waals surface area contributed by atoms with Gasteiger partial charge in [0, 0.05) is 86.1 Å². The van der Waals surface area contributed by atoms with Crippen molar-refractivity contribution in [3.05, 3.63) is 134 Å². The molecule has 0 saturated carbocycles. The average molecular weight is 566 g/mol. The van der Waals surface area contributed by atoms with Crippen molar-refractivity contribution in [2.24, 2.45) is 14.1 Å². The number of aryl methyl sites for hydroxylation is 2. The second kappa shape index (κ2) is 9.23. The fraction of sp³-hybridized carbons (Fsp3) is 0.0732. The van der Waals surface area contributed by atoms with E-state index in [1.807, 2.05) is 6.08 Å². The minimum absolute atomic E-state index is 0.766. The minimum Gasteiger partial charge on any atom is -0.344 e. The summed E-state index contributed by atoms with van der Waals surface area (Å²) >= 11 is 0. The smallest absolute Gasteiger partial charge is 0.0494 e. The molecule has 9 aromatic rings. The maximum absolute atomic E-state index is 4.07. The van der Waals surface area contributed by atoms with Gasteiger partial charge >= 0.3 is 0 Å². The summed E-state index contributed by atoms with van der Waals surface area (Å²) in [5.41, 5.74) is 12.4. The summed E-state index contributed by atoms with van der Waals surface area (Å²) in [5.74, 6) is 0. The summed E-state index contributed by atoms with van der Waals surface area (Å²) < 4.78 is 6.96. The summed E-state index contributed by atoms with van der Waals surface area (Å²) in [5, 5.41) is 7.71. The van der Waals surface area contributed by atoms with Crippen molar-refractivity contribution in [2.75, 3.05) is 0 Å². The molecule has 0 atom stereocenters. The third kappa shape index (κ3) is 3.44. The fourth-order valence-electron chi connectivity index (χ4n) is 7.48. The Bertz CT molecular complexity index is 2440. The molecule has 3 aromatic heterocycles. The third-order valence-electron chi connectivity index (χ3n) is 9.67. The van der Waals surface area contributed by atoms with Crippen molar-refractivity contribution in [3.8, 4) is 22.3 Å². The van der Waals surface area contributed by atoms with Crippen LogP contribution in [-0.2, 0) is 20.6 Å². The molecule has 3 heteroatoms. The van der Waals surface area contributed by atoms with Crippen LogP contribution >= 0.6 is 0 Å². The molecule has 0 spiro atoms.